The Labute approximate surface area is 166 Å². The molecule has 1 aliphatic carbocycles. The molecule has 148 valence electrons. The zero-order chi connectivity index (χ0) is 19.4. The lowest BCUT2D eigenvalue weighted by Gasteiger charge is -2.33. The lowest BCUT2D eigenvalue weighted by Crippen LogP contribution is -2.41. The van der Waals surface area contributed by atoms with E-state index in [2.05, 4.69) is 6.92 Å². The quantitative estimate of drug-likeness (QED) is 0.715. The zero-order valence-electron chi connectivity index (χ0n) is 16.1. The molecule has 1 heterocycles. The van der Waals surface area contributed by atoms with Crippen LogP contribution in [-0.4, -0.2) is 43.1 Å². The van der Waals surface area contributed by atoms with Crippen molar-refractivity contribution in [2.75, 3.05) is 20.2 Å². The first kappa shape index (κ1) is 20.0. The first-order valence-corrected chi connectivity index (χ1v) is 10.2. The summed E-state index contributed by atoms with van der Waals surface area (Å²) in [6, 6.07) is 5.03. The van der Waals surface area contributed by atoms with Crippen LogP contribution in [0.25, 0.3) is 0 Å². The number of methoxy groups -OCH3 is 1. The number of halogens is 1. The number of likely N-dealkylation sites (tertiary alicyclic amines) is 1. The molecule has 1 saturated heterocycles. The van der Waals surface area contributed by atoms with E-state index in [1.807, 2.05) is 0 Å². The highest BCUT2D eigenvalue weighted by molar-refractivity contribution is 6.31. The third kappa shape index (κ3) is 4.95. The molecule has 0 N–H and O–H groups in total. The third-order valence-electron chi connectivity index (χ3n) is 5.68. The number of esters is 1. The van der Waals surface area contributed by atoms with Gasteiger partial charge in [-0.1, -0.05) is 24.9 Å². The van der Waals surface area contributed by atoms with Crippen LogP contribution in [0.5, 0.6) is 5.75 Å². The molecule has 2 unspecified atom stereocenters. The van der Waals surface area contributed by atoms with E-state index in [4.69, 9.17) is 21.1 Å². The monoisotopic (exact) mass is 393 g/mol. The molecule has 2 aliphatic rings. The first-order valence-electron chi connectivity index (χ1n) is 9.81. The lowest BCUT2D eigenvalue weighted by atomic mass is 9.88. The zero-order valence-corrected chi connectivity index (χ0v) is 16.8. The maximum absolute atomic E-state index is 12.8. The highest BCUT2D eigenvalue weighted by Gasteiger charge is 2.32. The Morgan fingerprint density at radius 2 is 1.89 bits per heavy atom. The molecule has 1 amide bonds. The van der Waals surface area contributed by atoms with E-state index in [0.29, 0.717) is 48.2 Å². The van der Waals surface area contributed by atoms with Crippen LogP contribution in [0.3, 0.4) is 0 Å². The van der Waals surface area contributed by atoms with Gasteiger partial charge in [0.15, 0.2) is 0 Å². The number of hydrogen-bond donors (Lipinski definition) is 0. The fraction of sp³-hybridized carbons (Fsp3) is 0.619. The maximum Gasteiger partial charge on any atom is 0.309 e. The van der Waals surface area contributed by atoms with Crippen LogP contribution in [-0.2, 0) is 9.53 Å². The molecule has 1 aromatic rings. The molecule has 2 fully saturated rings. The molecule has 1 aromatic carbocycles. The van der Waals surface area contributed by atoms with Crippen molar-refractivity contribution in [3.05, 3.63) is 28.8 Å². The lowest BCUT2D eigenvalue weighted by molar-refractivity contribution is -0.157. The van der Waals surface area contributed by atoms with Gasteiger partial charge >= 0.3 is 5.97 Å². The molecular formula is C21H28ClNO4. The minimum atomic E-state index is -0.118. The molecule has 0 aromatic heterocycles. The van der Waals surface area contributed by atoms with Gasteiger partial charge in [-0.15, -0.1) is 0 Å². The van der Waals surface area contributed by atoms with E-state index in [9.17, 15) is 9.59 Å². The second-order valence-electron chi connectivity index (χ2n) is 7.74. The second-order valence-corrected chi connectivity index (χ2v) is 8.18. The summed E-state index contributed by atoms with van der Waals surface area (Å²) in [4.78, 5) is 27.1. The number of benzene rings is 1. The number of piperidine rings is 1. The number of hydrogen-bond acceptors (Lipinski definition) is 4. The Hall–Kier alpha value is -1.75. The number of amides is 1. The van der Waals surface area contributed by atoms with Crippen molar-refractivity contribution in [1.82, 2.24) is 4.90 Å². The summed E-state index contributed by atoms with van der Waals surface area (Å²) < 4.78 is 11.0. The molecule has 3 rings (SSSR count). The number of nitrogens with zero attached hydrogens (tertiary/aromatic N) is 1. The normalized spacial score (nSPS) is 23.7. The van der Waals surface area contributed by atoms with Crippen molar-refractivity contribution in [2.24, 2.45) is 11.8 Å². The summed E-state index contributed by atoms with van der Waals surface area (Å²) in [6.45, 7) is 3.29. The highest BCUT2D eigenvalue weighted by atomic mass is 35.5. The molecular weight excluding hydrogens is 366 g/mol. The van der Waals surface area contributed by atoms with Crippen LogP contribution in [0.1, 0.15) is 55.8 Å². The van der Waals surface area contributed by atoms with Crippen molar-refractivity contribution in [2.45, 2.75) is 51.6 Å². The van der Waals surface area contributed by atoms with E-state index in [0.717, 1.165) is 19.3 Å². The predicted octanol–water partition coefficient (Wildman–Crippen LogP) is 4.32. The van der Waals surface area contributed by atoms with Gasteiger partial charge in [0.05, 0.1) is 18.6 Å². The average molecular weight is 394 g/mol. The van der Waals surface area contributed by atoms with Crippen LogP contribution >= 0.6 is 11.6 Å². The molecule has 0 spiro atoms. The molecule has 1 aliphatic heterocycles. The average Bonchev–Trinajstić information content (AvgIpc) is 2.67. The molecule has 0 bridgehead atoms. The Bertz CT molecular complexity index is 685. The fourth-order valence-electron chi connectivity index (χ4n) is 4.08. The van der Waals surface area contributed by atoms with Crippen LogP contribution in [0, 0.1) is 11.8 Å². The summed E-state index contributed by atoms with van der Waals surface area (Å²) in [7, 11) is 1.54. The van der Waals surface area contributed by atoms with Crippen LogP contribution in [0.4, 0.5) is 0 Å². The standard InChI is InChI=1S/C21H28ClNO4/c1-14-4-3-5-17(12-14)27-21(25)15-8-10-23(11-9-15)20(24)18-13-16(22)6-7-19(18)26-2/h6-7,13-15,17H,3-5,8-12H2,1-2H3. The van der Waals surface area contributed by atoms with Gasteiger partial charge in [0.25, 0.3) is 5.91 Å². The van der Waals surface area contributed by atoms with Gasteiger partial charge in [0.1, 0.15) is 11.9 Å². The van der Waals surface area contributed by atoms with Gasteiger partial charge in [-0.05, 0) is 56.2 Å². The second kappa shape index (κ2) is 8.96. The minimum Gasteiger partial charge on any atom is -0.496 e. The van der Waals surface area contributed by atoms with Gasteiger partial charge < -0.3 is 14.4 Å². The smallest absolute Gasteiger partial charge is 0.309 e. The van der Waals surface area contributed by atoms with Crippen LogP contribution in [0.2, 0.25) is 5.02 Å². The Balaban J connectivity index is 1.54. The number of ether oxygens (including phenoxy) is 2. The van der Waals surface area contributed by atoms with Crippen molar-refractivity contribution < 1.29 is 19.1 Å². The van der Waals surface area contributed by atoms with E-state index < -0.39 is 0 Å². The first-order chi connectivity index (χ1) is 13.0. The summed E-state index contributed by atoms with van der Waals surface area (Å²) >= 11 is 6.04. The maximum atomic E-state index is 12.8. The number of rotatable bonds is 4. The van der Waals surface area contributed by atoms with E-state index in [1.165, 1.54) is 13.5 Å². The number of carbonyl (C=O) groups is 2. The van der Waals surface area contributed by atoms with E-state index in [-0.39, 0.29) is 23.9 Å². The summed E-state index contributed by atoms with van der Waals surface area (Å²) in [6.07, 6.45) is 5.64. The summed E-state index contributed by atoms with van der Waals surface area (Å²) in [5.41, 5.74) is 0.460. The molecule has 6 heteroatoms. The van der Waals surface area contributed by atoms with Gasteiger partial charge in [0, 0.05) is 18.1 Å². The third-order valence-corrected chi connectivity index (χ3v) is 5.91. The van der Waals surface area contributed by atoms with E-state index in [1.54, 1.807) is 23.1 Å². The molecule has 2 atom stereocenters. The SMILES string of the molecule is COc1ccc(Cl)cc1C(=O)N1CCC(C(=O)OC2CCCC(C)C2)CC1. The molecule has 27 heavy (non-hydrogen) atoms. The van der Waals surface area contributed by atoms with Gasteiger partial charge in [-0.3, -0.25) is 9.59 Å². The van der Waals surface area contributed by atoms with Crippen molar-refractivity contribution in [1.29, 1.82) is 0 Å². The van der Waals surface area contributed by atoms with Crippen molar-refractivity contribution in [3.8, 4) is 5.75 Å². The largest absolute Gasteiger partial charge is 0.496 e. The van der Waals surface area contributed by atoms with Crippen molar-refractivity contribution >= 4 is 23.5 Å². The minimum absolute atomic E-state index is 0.0663. The Morgan fingerprint density at radius 3 is 2.56 bits per heavy atom. The highest BCUT2D eigenvalue weighted by Crippen LogP contribution is 2.29. The van der Waals surface area contributed by atoms with Crippen LogP contribution in [0.15, 0.2) is 18.2 Å². The topological polar surface area (TPSA) is 55.8 Å². The molecule has 0 radical (unpaired) electrons. The van der Waals surface area contributed by atoms with E-state index >= 15 is 0 Å². The summed E-state index contributed by atoms with van der Waals surface area (Å²) in [5, 5.41) is 0.499. The Morgan fingerprint density at radius 1 is 1.15 bits per heavy atom. The number of carbonyl (C=O) groups excluding carboxylic acids is 2. The van der Waals surface area contributed by atoms with Gasteiger partial charge in [-0.25, -0.2) is 0 Å². The van der Waals surface area contributed by atoms with Gasteiger partial charge in [0.2, 0.25) is 0 Å². The van der Waals surface area contributed by atoms with Crippen molar-refractivity contribution in [3.63, 3.8) is 0 Å². The molecule has 1 saturated carbocycles. The van der Waals surface area contributed by atoms with Gasteiger partial charge in [-0.2, -0.15) is 0 Å². The van der Waals surface area contributed by atoms with Crippen LogP contribution < -0.4 is 4.74 Å². The Kier molecular flexibility index (Phi) is 6.64. The fourth-order valence-corrected chi connectivity index (χ4v) is 4.25. The molecule has 5 nitrogen and oxygen atoms in total. The predicted molar refractivity (Wildman–Crippen MR) is 104 cm³/mol. The summed E-state index contributed by atoms with van der Waals surface area (Å²) in [5.74, 6) is 0.817.